The smallest absolute Gasteiger partial charge is 0.147 e. The summed E-state index contributed by atoms with van der Waals surface area (Å²) in [5.41, 5.74) is 3.01. The van der Waals surface area contributed by atoms with Crippen LogP contribution < -0.4 is 11.3 Å². The van der Waals surface area contributed by atoms with Gasteiger partial charge in [-0.2, -0.15) is 0 Å². The summed E-state index contributed by atoms with van der Waals surface area (Å²) in [7, 11) is 0. The molecule has 1 aromatic rings. The molecule has 6 heteroatoms. The van der Waals surface area contributed by atoms with Gasteiger partial charge in [0, 0.05) is 16.6 Å². The SMILES string of the molecule is CCOC(CC)C(NN)c1ccc(Br)c(Cl)c1F. The van der Waals surface area contributed by atoms with Crippen molar-refractivity contribution in [3.05, 3.63) is 33.0 Å². The molecule has 0 spiro atoms. The highest BCUT2D eigenvalue weighted by molar-refractivity contribution is 9.10. The largest absolute Gasteiger partial charge is 0.376 e. The van der Waals surface area contributed by atoms with Gasteiger partial charge in [0.15, 0.2) is 0 Å². The third-order valence-electron chi connectivity index (χ3n) is 2.73. The highest BCUT2D eigenvalue weighted by Gasteiger charge is 2.25. The van der Waals surface area contributed by atoms with Crippen LogP contribution >= 0.6 is 27.5 Å². The Bertz CT molecular complexity index is 406. The van der Waals surface area contributed by atoms with Gasteiger partial charge in [-0.05, 0) is 35.3 Å². The molecule has 0 bridgehead atoms. The second-order valence-electron chi connectivity index (χ2n) is 3.81. The Morgan fingerprint density at radius 2 is 2.17 bits per heavy atom. The van der Waals surface area contributed by atoms with Crippen LogP contribution in [-0.4, -0.2) is 12.7 Å². The quantitative estimate of drug-likeness (QED) is 0.473. The maximum absolute atomic E-state index is 14.1. The lowest BCUT2D eigenvalue weighted by Crippen LogP contribution is -2.38. The van der Waals surface area contributed by atoms with E-state index >= 15 is 0 Å². The van der Waals surface area contributed by atoms with Gasteiger partial charge in [-0.25, -0.2) is 4.39 Å². The summed E-state index contributed by atoms with van der Waals surface area (Å²) in [5.74, 6) is 5.04. The fraction of sp³-hybridized carbons (Fsp3) is 0.500. The number of halogens is 3. The molecule has 18 heavy (non-hydrogen) atoms. The molecule has 0 aliphatic rings. The molecular weight excluding hydrogens is 322 g/mol. The van der Waals surface area contributed by atoms with Gasteiger partial charge in [-0.3, -0.25) is 11.3 Å². The van der Waals surface area contributed by atoms with Gasteiger partial charge in [-0.1, -0.05) is 24.6 Å². The second-order valence-corrected chi connectivity index (χ2v) is 5.04. The van der Waals surface area contributed by atoms with E-state index in [0.29, 0.717) is 16.6 Å². The molecule has 1 rings (SSSR count). The van der Waals surface area contributed by atoms with Crippen LogP contribution in [0, 0.1) is 5.82 Å². The predicted octanol–water partition coefficient (Wildman–Crippen LogP) is 3.56. The van der Waals surface area contributed by atoms with Gasteiger partial charge in [-0.15, -0.1) is 0 Å². The van der Waals surface area contributed by atoms with Crippen LogP contribution in [0.3, 0.4) is 0 Å². The van der Waals surface area contributed by atoms with Crippen molar-refractivity contribution in [1.29, 1.82) is 0 Å². The Morgan fingerprint density at radius 3 is 2.67 bits per heavy atom. The highest BCUT2D eigenvalue weighted by atomic mass is 79.9. The van der Waals surface area contributed by atoms with E-state index in [2.05, 4.69) is 21.4 Å². The van der Waals surface area contributed by atoms with E-state index in [1.165, 1.54) is 0 Å². The van der Waals surface area contributed by atoms with Crippen molar-refractivity contribution in [2.45, 2.75) is 32.4 Å². The van der Waals surface area contributed by atoms with Crippen LogP contribution in [0.1, 0.15) is 31.9 Å². The number of hydrogen-bond donors (Lipinski definition) is 2. The molecule has 0 amide bonds. The van der Waals surface area contributed by atoms with Crippen molar-refractivity contribution in [1.82, 2.24) is 5.43 Å². The van der Waals surface area contributed by atoms with Crippen LogP contribution in [0.2, 0.25) is 5.02 Å². The minimum absolute atomic E-state index is 0.0547. The number of nitrogens with one attached hydrogen (secondary N) is 1. The van der Waals surface area contributed by atoms with Gasteiger partial charge < -0.3 is 4.74 Å². The third-order valence-corrected chi connectivity index (χ3v) is 3.99. The number of ether oxygens (including phenoxy) is 1. The fourth-order valence-corrected chi connectivity index (χ4v) is 2.32. The fourth-order valence-electron chi connectivity index (χ4n) is 1.84. The molecule has 0 saturated carbocycles. The molecule has 1 aromatic carbocycles. The van der Waals surface area contributed by atoms with Gasteiger partial charge in [0.1, 0.15) is 5.82 Å². The number of hydrogen-bond acceptors (Lipinski definition) is 3. The molecule has 3 nitrogen and oxygen atoms in total. The maximum atomic E-state index is 14.1. The molecule has 0 fully saturated rings. The minimum Gasteiger partial charge on any atom is -0.376 e. The van der Waals surface area contributed by atoms with Gasteiger partial charge in [0.25, 0.3) is 0 Å². The lowest BCUT2D eigenvalue weighted by atomic mass is 9.99. The van der Waals surface area contributed by atoms with Crippen LogP contribution in [0.25, 0.3) is 0 Å². The lowest BCUT2D eigenvalue weighted by molar-refractivity contribution is 0.0305. The standard InChI is InChI=1S/C12H17BrClFN2O/c1-3-9(18-4-2)12(17-16)7-5-6-8(13)10(14)11(7)15/h5-6,9,12,17H,3-4,16H2,1-2H3. The number of hydrazine groups is 1. The Morgan fingerprint density at radius 1 is 1.50 bits per heavy atom. The minimum atomic E-state index is -0.479. The molecule has 0 radical (unpaired) electrons. The highest BCUT2D eigenvalue weighted by Crippen LogP contribution is 2.32. The number of benzene rings is 1. The molecule has 102 valence electrons. The summed E-state index contributed by atoms with van der Waals surface area (Å²) < 4.78 is 20.2. The summed E-state index contributed by atoms with van der Waals surface area (Å²) in [6, 6.07) is 2.92. The van der Waals surface area contributed by atoms with E-state index < -0.39 is 11.9 Å². The molecule has 2 unspecified atom stereocenters. The molecule has 0 aromatic heterocycles. The first-order valence-electron chi connectivity index (χ1n) is 5.77. The Labute approximate surface area is 120 Å². The normalized spacial score (nSPS) is 14.6. The van der Waals surface area contributed by atoms with Gasteiger partial charge in [0.05, 0.1) is 17.2 Å². The molecule has 0 aliphatic heterocycles. The zero-order valence-electron chi connectivity index (χ0n) is 10.3. The first-order valence-corrected chi connectivity index (χ1v) is 6.94. The zero-order chi connectivity index (χ0) is 13.7. The van der Waals surface area contributed by atoms with Crippen molar-refractivity contribution < 1.29 is 9.13 Å². The summed E-state index contributed by atoms with van der Waals surface area (Å²) in [6.45, 7) is 4.40. The second kappa shape index (κ2) is 7.40. The Kier molecular flexibility index (Phi) is 6.52. The monoisotopic (exact) mass is 338 g/mol. The van der Waals surface area contributed by atoms with Crippen LogP contribution in [0.15, 0.2) is 16.6 Å². The van der Waals surface area contributed by atoms with E-state index in [9.17, 15) is 4.39 Å². The Hall–Kier alpha value is -0.200. The first-order chi connectivity index (χ1) is 8.56. The lowest BCUT2D eigenvalue weighted by Gasteiger charge is -2.26. The number of rotatable bonds is 6. The van der Waals surface area contributed by atoms with Crippen LogP contribution in [0.4, 0.5) is 4.39 Å². The average Bonchev–Trinajstić information content (AvgIpc) is 2.38. The third kappa shape index (κ3) is 3.42. The van der Waals surface area contributed by atoms with E-state index in [4.69, 9.17) is 22.2 Å². The summed E-state index contributed by atoms with van der Waals surface area (Å²) in [6.07, 6.45) is 0.516. The molecule has 2 atom stereocenters. The number of nitrogens with two attached hydrogens (primary N) is 1. The van der Waals surface area contributed by atoms with E-state index in [0.717, 1.165) is 6.42 Å². The van der Waals surface area contributed by atoms with Crippen molar-refractivity contribution in [3.8, 4) is 0 Å². The Balaban J connectivity index is 3.12. The summed E-state index contributed by atoms with van der Waals surface area (Å²) >= 11 is 9.06. The van der Waals surface area contributed by atoms with E-state index in [-0.39, 0.29) is 11.1 Å². The summed E-state index contributed by atoms with van der Waals surface area (Å²) in [5, 5.41) is 0.0547. The van der Waals surface area contributed by atoms with Gasteiger partial charge >= 0.3 is 0 Å². The van der Waals surface area contributed by atoms with Gasteiger partial charge in [0.2, 0.25) is 0 Å². The van der Waals surface area contributed by atoms with Crippen LogP contribution in [0.5, 0.6) is 0 Å². The topological polar surface area (TPSA) is 47.3 Å². The molecule has 0 saturated heterocycles. The molecule has 0 aliphatic carbocycles. The molecule has 0 heterocycles. The van der Waals surface area contributed by atoms with Crippen molar-refractivity contribution in [2.24, 2.45) is 5.84 Å². The van der Waals surface area contributed by atoms with E-state index in [1.54, 1.807) is 12.1 Å². The van der Waals surface area contributed by atoms with E-state index in [1.807, 2.05) is 13.8 Å². The van der Waals surface area contributed by atoms with Crippen LogP contribution in [-0.2, 0) is 4.74 Å². The molecular formula is C12H17BrClFN2O. The maximum Gasteiger partial charge on any atom is 0.147 e. The average molecular weight is 340 g/mol. The van der Waals surface area contributed by atoms with Crippen molar-refractivity contribution >= 4 is 27.5 Å². The van der Waals surface area contributed by atoms with Crippen molar-refractivity contribution in [2.75, 3.05) is 6.61 Å². The zero-order valence-corrected chi connectivity index (χ0v) is 12.7. The molecule has 3 N–H and O–H groups in total. The first kappa shape index (κ1) is 15.9. The predicted molar refractivity (Wildman–Crippen MR) is 74.9 cm³/mol. The van der Waals surface area contributed by atoms with Crippen molar-refractivity contribution in [3.63, 3.8) is 0 Å². The summed E-state index contributed by atoms with van der Waals surface area (Å²) in [4.78, 5) is 0.